The smallest absolute Gasteiger partial charge is 0.201 e. The number of halogens is 1. The van der Waals surface area contributed by atoms with E-state index in [0.29, 0.717) is 12.1 Å². The lowest BCUT2D eigenvalue weighted by molar-refractivity contribution is -0.134. The van der Waals surface area contributed by atoms with E-state index in [1.807, 2.05) is 12.1 Å². The van der Waals surface area contributed by atoms with Gasteiger partial charge in [0.2, 0.25) is 6.29 Å². The fourth-order valence-electron chi connectivity index (χ4n) is 3.57. The SMILES string of the molecule is ON1C=CC=NC1N1C[C@@H]2C[C@H]1CN2c1ccc(Cl)cc1. The van der Waals surface area contributed by atoms with Gasteiger partial charge in [-0.2, -0.15) is 0 Å². The first kappa shape index (κ1) is 13.1. The van der Waals surface area contributed by atoms with Crippen LogP contribution in [-0.2, 0) is 0 Å². The normalized spacial score (nSPS) is 31.4. The highest BCUT2D eigenvalue weighted by Crippen LogP contribution is 2.36. The summed E-state index contributed by atoms with van der Waals surface area (Å²) in [5.74, 6) is 0. The summed E-state index contributed by atoms with van der Waals surface area (Å²) in [5, 5.41) is 11.9. The largest absolute Gasteiger partial charge is 0.366 e. The molecule has 2 saturated heterocycles. The Morgan fingerprint density at radius 3 is 2.62 bits per heavy atom. The van der Waals surface area contributed by atoms with Crippen LogP contribution in [0.1, 0.15) is 6.42 Å². The summed E-state index contributed by atoms with van der Waals surface area (Å²) in [7, 11) is 0. The lowest BCUT2D eigenvalue weighted by atomic mass is 10.2. The number of hydrogen-bond donors (Lipinski definition) is 1. The van der Waals surface area contributed by atoms with Gasteiger partial charge in [-0.25, -0.2) is 5.06 Å². The molecule has 4 rings (SSSR count). The van der Waals surface area contributed by atoms with Gasteiger partial charge in [-0.1, -0.05) is 11.6 Å². The Bertz CT molecular complexity index is 588. The van der Waals surface area contributed by atoms with Crippen molar-refractivity contribution < 1.29 is 5.21 Å². The third kappa shape index (κ3) is 2.21. The lowest BCUT2D eigenvalue weighted by Gasteiger charge is -2.40. The maximum atomic E-state index is 9.93. The highest BCUT2D eigenvalue weighted by Gasteiger charge is 2.46. The number of likely N-dealkylation sites (tertiary alicyclic amines) is 1. The predicted octanol–water partition coefficient (Wildman–Crippen LogP) is 2.18. The summed E-state index contributed by atoms with van der Waals surface area (Å²) < 4.78 is 0. The molecular formula is C15H17ClN4O. The van der Waals surface area contributed by atoms with Crippen LogP contribution in [0.5, 0.6) is 0 Å². The standard InChI is InChI=1S/C15H17ClN4O/c16-11-2-4-12(5-3-11)18-9-14-8-13(18)10-19(14)15-17-6-1-7-20(15)21/h1-7,13-15,21H,8-10H2/t13-,14-,15?/m0/s1. The molecule has 5 nitrogen and oxygen atoms in total. The minimum Gasteiger partial charge on any atom is -0.366 e. The molecule has 110 valence electrons. The maximum Gasteiger partial charge on any atom is 0.201 e. The van der Waals surface area contributed by atoms with Gasteiger partial charge < -0.3 is 4.90 Å². The van der Waals surface area contributed by atoms with Crippen molar-refractivity contribution in [1.82, 2.24) is 9.96 Å². The Morgan fingerprint density at radius 1 is 1.14 bits per heavy atom. The fourth-order valence-corrected chi connectivity index (χ4v) is 3.69. The second-order valence-electron chi connectivity index (χ2n) is 5.74. The highest BCUT2D eigenvalue weighted by atomic mass is 35.5. The van der Waals surface area contributed by atoms with Crippen LogP contribution in [0.25, 0.3) is 0 Å². The molecule has 0 aliphatic carbocycles. The molecule has 6 heteroatoms. The van der Waals surface area contributed by atoms with Crippen molar-refractivity contribution in [2.45, 2.75) is 24.8 Å². The van der Waals surface area contributed by atoms with E-state index in [-0.39, 0.29) is 6.29 Å². The molecule has 1 aromatic carbocycles. The molecule has 1 unspecified atom stereocenters. The number of aliphatic imine (C=N–C) groups is 1. The summed E-state index contributed by atoms with van der Waals surface area (Å²) >= 11 is 5.96. The summed E-state index contributed by atoms with van der Waals surface area (Å²) in [6.07, 6.45) is 5.98. The molecule has 3 atom stereocenters. The molecule has 3 aliphatic heterocycles. The molecule has 21 heavy (non-hydrogen) atoms. The molecule has 2 fully saturated rings. The van der Waals surface area contributed by atoms with Gasteiger partial charge >= 0.3 is 0 Å². The highest BCUT2D eigenvalue weighted by molar-refractivity contribution is 6.30. The van der Waals surface area contributed by atoms with Crippen molar-refractivity contribution in [3.8, 4) is 0 Å². The van der Waals surface area contributed by atoms with Crippen LogP contribution in [0.2, 0.25) is 5.02 Å². The van der Waals surface area contributed by atoms with Crippen molar-refractivity contribution >= 4 is 23.5 Å². The topological polar surface area (TPSA) is 42.3 Å². The number of nitrogens with zero attached hydrogens (tertiary/aromatic N) is 4. The number of fused-ring (bicyclic) bond motifs is 2. The van der Waals surface area contributed by atoms with Gasteiger partial charge in [0.15, 0.2) is 0 Å². The second kappa shape index (κ2) is 5.02. The first-order valence-electron chi connectivity index (χ1n) is 7.17. The van der Waals surface area contributed by atoms with Crippen LogP contribution < -0.4 is 4.90 Å². The summed E-state index contributed by atoms with van der Waals surface area (Å²) in [6.45, 7) is 1.88. The van der Waals surface area contributed by atoms with Crippen LogP contribution in [-0.4, -0.2) is 52.8 Å². The van der Waals surface area contributed by atoms with E-state index in [2.05, 4.69) is 26.9 Å². The average molecular weight is 305 g/mol. The molecule has 0 radical (unpaired) electrons. The molecule has 0 aromatic heterocycles. The Morgan fingerprint density at radius 2 is 1.95 bits per heavy atom. The average Bonchev–Trinajstić information content (AvgIpc) is 3.09. The van der Waals surface area contributed by atoms with Gasteiger partial charge in [-0.15, -0.1) is 0 Å². The van der Waals surface area contributed by atoms with E-state index < -0.39 is 0 Å². The number of hydrogen-bond acceptors (Lipinski definition) is 5. The number of benzene rings is 1. The van der Waals surface area contributed by atoms with Gasteiger partial charge in [-0.05, 0) is 36.8 Å². The minimum absolute atomic E-state index is 0.280. The van der Waals surface area contributed by atoms with E-state index in [1.165, 1.54) is 10.8 Å². The Balaban J connectivity index is 1.49. The lowest BCUT2D eigenvalue weighted by Crippen LogP contribution is -2.54. The first-order chi connectivity index (χ1) is 10.2. The summed E-state index contributed by atoms with van der Waals surface area (Å²) in [5.41, 5.74) is 1.22. The number of hydroxylamine groups is 2. The molecule has 0 spiro atoms. The number of anilines is 1. The van der Waals surface area contributed by atoms with Gasteiger partial charge in [0, 0.05) is 48.3 Å². The van der Waals surface area contributed by atoms with Crippen molar-refractivity contribution in [2.24, 2.45) is 4.99 Å². The Kier molecular flexibility index (Phi) is 3.14. The summed E-state index contributed by atoms with van der Waals surface area (Å²) in [6, 6.07) is 8.93. The van der Waals surface area contributed by atoms with Gasteiger partial charge in [0.25, 0.3) is 0 Å². The number of allylic oxidation sites excluding steroid dienone is 1. The Hall–Kier alpha value is -1.56. The molecule has 0 saturated carbocycles. The maximum absolute atomic E-state index is 9.93. The number of piperazine rings is 1. The molecule has 2 bridgehead atoms. The first-order valence-corrected chi connectivity index (χ1v) is 7.55. The van der Waals surface area contributed by atoms with Crippen LogP contribution >= 0.6 is 11.6 Å². The quantitative estimate of drug-likeness (QED) is 0.909. The molecule has 1 N–H and O–H groups in total. The third-order valence-corrected chi connectivity index (χ3v) is 4.77. The van der Waals surface area contributed by atoms with E-state index in [1.54, 1.807) is 18.5 Å². The molecule has 3 heterocycles. The van der Waals surface area contributed by atoms with E-state index in [9.17, 15) is 5.21 Å². The van der Waals surface area contributed by atoms with Crippen molar-refractivity contribution in [3.63, 3.8) is 0 Å². The monoisotopic (exact) mass is 304 g/mol. The third-order valence-electron chi connectivity index (χ3n) is 4.52. The van der Waals surface area contributed by atoms with E-state index in [4.69, 9.17) is 11.6 Å². The van der Waals surface area contributed by atoms with Crippen LogP contribution in [0.3, 0.4) is 0 Å². The predicted molar refractivity (Wildman–Crippen MR) is 82.7 cm³/mol. The van der Waals surface area contributed by atoms with Crippen LogP contribution in [0.15, 0.2) is 41.5 Å². The zero-order valence-electron chi connectivity index (χ0n) is 11.5. The Labute approximate surface area is 128 Å². The van der Waals surface area contributed by atoms with E-state index in [0.717, 1.165) is 24.5 Å². The second-order valence-corrected chi connectivity index (χ2v) is 6.17. The zero-order valence-corrected chi connectivity index (χ0v) is 12.3. The molecule has 0 amide bonds. The van der Waals surface area contributed by atoms with Crippen LogP contribution in [0.4, 0.5) is 5.69 Å². The molecule has 1 aromatic rings. The van der Waals surface area contributed by atoms with Gasteiger partial charge in [0.1, 0.15) is 0 Å². The van der Waals surface area contributed by atoms with Crippen molar-refractivity contribution in [1.29, 1.82) is 0 Å². The van der Waals surface area contributed by atoms with Crippen molar-refractivity contribution in [3.05, 3.63) is 41.6 Å². The number of rotatable bonds is 2. The summed E-state index contributed by atoms with van der Waals surface area (Å²) in [4.78, 5) is 9.08. The van der Waals surface area contributed by atoms with E-state index >= 15 is 0 Å². The van der Waals surface area contributed by atoms with Crippen molar-refractivity contribution in [2.75, 3.05) is 18.0 Å². The fraction of sp³-hybridized carbons (Fsp3) is 0.400. The molecular weight excluding hydrogens is 288 g/mol. The minimum atomic E-state index is -0.280. The molecule has 3 aliphatic rings. The van der Waals surface area contributed by atoms with Gasteiger partial charge in [-0.3, -0.25) is 15.1 Å². The van der Waals surface area contributed by atoms with Gasteiger partial charge in [0.05, 0.1) is 0 Å². The van der Waals surface area contributed by atoms with Crippen LogP contribution in [0, 0.1) is 0 Å². The zero-order chi connectivity index (χ0) is 14.4.